The van der Waals surface area contributed by atoms with Crippen LogP contribution in [0.1, 0.15) is 36.6 Å². The second kappa shape index (κ2) is 10.7. The van der Waals surface area contributed by atoms with Crippen LogP contribution >= 0.6 is 11.3 Å². The number of carbonyl (C=O) groups is 2. The molecule has 0 atom stereocenters. The van der Waals surface area contributed by atoms with Gasteiger partial charge in [-0.15, -0.1) is 11.3 Å². The van der Waals surface area contributed by atoms with E-state index in [2.05, 4.69) is 17.2 Å². The topological polar surface area (TPSA) is 71.5 Å². The van der Waals surface area contributed by atoms with Gasteiger partial charge in [-0.1, -0.05) is 31.9 Å². The van der Waals surface area contributed by atoms with Crippen molar-refractivity contribution in [2.24, 2.45) is 0 Å². The highest BCUT2D eigenvalue weighted by Crippen LogP contribution is 2.17. The molecule has 27 heavy (non-hydrogen) atoms. The zero-order valence-corrected chi connectivity index (χ0v) is 17.0. The molecule has 0 fully saturated rings. The number of amides is 2. The van der Waals surface area contributed by atoms with Crippen molar-refractivity contribution < 1.29 is 14.3 Å². The summed E-state index contributed by atoms with van der Waals surface area (Å²) in [5.74, 6) is 0.481. The van der Waals surface area contributed by atoms with Gasteiger partial charge in [-0.05, 0) is 31.0 Å². The molecule has 0 aliphatic rings. The zero-order chi connectivity index (χ0) is 19.6. The van der Waals surface area contributed by atoms with Crippen LogP contribution in [0.2, 0.25) is 0 Å². The molecule has 0 aliphatic carbocycles. The second-order valence-corrected chi connectivity index (χ2v) is 7.61. The van der Waals surface area contributed by atoms with E-state index in [1.165, 1.54) is 11.3 Å². The fourth-order valence-electron chi connectivity index (χ4n) is 2.62. The Labute approximate surface area is 164 Å². The van der Waals surface area contributed by atoms with E-state index in [-0.39, 0.29) is 24.8 Å². The normalized spacial score (nSPS) is 10.5. The van der Waals surface area contributed by atoms with Crippen molar-refractivity contribution in [1.82, 2.24) is 9.88 Å². The minimum Gasteiger partial charge on any atom is -0.497 e. The van der Waals surface area contributed by atoms with Gasteiger partial charge in [0.25, 0.3) is 0 Å². The average molecular weight is 390 g/mol. The van der Waals surface area contributed by atoms with Gasteiger partial charge < -0.3 is 15.0 Å². The number of ether oxygens (including phenoxy) is 1. The first-order valence-corrected chi connectivity index (χ1v) is 9.96. The summed E-state index contributed by atoms with van der Waals surface area (Å²) in [7, 11) is 1.61. The van der Waals surface area contributed by atoms with E-state index in [1.54, 1.807) is 18.2 Å². The molecule has 0 saturated carbocycles. The molecule has 1 heterocycles. The van der Waals surface area contributed by atoms with Crippen LogP contribution in [0.5, 0.6) is 5.75 Å². The molecule has 0 aliphatic heterocycles. The van der Waals surface area contributed by atoms with E-state index in [0.717, 1.165) is 35.5 Å². The summed E-state index contributed by atoms with van der Waals surface area (Å²) in [5.41, 5.74) is 0.900. The molecule has 1 N–H and O–H groups in total. The minimum absolute atomic E-state index is 0.0390. The summed E-state index contributed by atoms with van der Waals surface area (Å²) in [6.07, 6.45) is 4.95. The molecule has 6 nitrogen and oxygen atoms in total. The monoisotopic (exact) mass is 389 g/mol. The van der Waals surface area contributed by atoms with Crippen molar-refractivity contribution in [1.29, 1.82) is 0 Å². The van der Waals surface area contributed by atoms with Crippen molar-refractivity contribution >= 4 is 28.3 Å². The number of nitrogens with one attached hydrogen (secondary N) is 1. The first kappa shape index (κ1) is 20.9. The lowest BCUT2D eigenvalue weighted by atomic mass is 10.1. The highest BCUT2D eigenvalue weighted by atomic mass is 32.1. The third-order valence-electron chi connectivity index (χ3n) is 4.10. The van der Waals surface area contributed by atoms with E-state index in [9.17, 15) is 9.59 Å². The van der Waals surface area contributed by atoms with E-state index >= 15 is 0 Å². The van der Waals surface area contributed by atoms with Crippen LogP contribution in [0.25, 0.3) is 0 Å². The number of methoxy groups -OCH3 is 1. The van der Waals surface area contributed by atoms with Crippen LogP contribution in [-0.4, -0.2) is 41.9 Å². The van der Waals surface area contributed by atoms with Crippen molar-refractivity contribution in [3.05, 3.63) is 40.9 Å². The summed E-state index contributed by atoms with van der Waals surface area (Å²) in [6, 6.07) is 7.42. The van der Waals surface area contributed by atoms with Gasteiger partial charge in [0.1, 0.15) is 5.75 Å². The maximum atomic E-state index is 12.8. The number of unbranched alkanes of at least 4 members (excludes halogenated alkanes) is 2. The van der Waals surface area contributed by atoms with E-state index in [4.69, 9.17) is 4.74 Å². The Morgan fingerprint density at radius 2 is 1.96 bits per heavy atom. The number of anilines is 1. The molecular weight excluding hydrogens is 362 g/mol. The van der Waals surface area contributed by atoms with Crippen LogP contribution in [0.4, 0.5) is 5.13 Å². The number of thiazole rings is 1. The third-order valence-corrected chi connectivity index (χ3v) is 4.93. The van der Waals surface area contributed by atoms with Gasteiger partial charge in [-0.2, -0.15) is 0 Å². The summed E-state index contributed by atoms with van der Waals surface area (Å²) in [6.45, 7) is 4.66. The minimum atomic E-state index is -0.219. The van der Waals surface area contributed by atoms with E-state index in [1.807, 2.05) is 31.2 Å². The van der Waals surface area contributed by atoms with Crippen LogP contribution in [-0.2, 0) is 16.0 Å². The van der Waals surface area contributed by atoms with E-state index < -0.39 is 0 Å². The van der Waals surface area contributed by atoms with Gasteiger partial charge in [-0.25, -0.2) is 4.98 Å². The Balaban J connectivity index is 1.97. The molecule has 146 valence electrons. The number of benzene rings is 1. The van der Waals surface area contributed by atoms with Crippen LogP contribution in [0.15, 0.2) is 30.5 Å². The van der Waals surface area contributed by atoms with Gasteiger partial charge in [0.15, 0.2) is 5.13 Å². The summed E-state index contributed by atoms with van der Waals surface area (Å²) >= 11 is 1.42. The number of aromatic nitrogens is 1. The van der Waals surface area contributed by atoms with Gasteiger partial charge in [0, 0.05) is 17.6 Å². The molecule has 1 aromatic heterocycles. The van der Waals surface area contributed by atoms with Gasteiger partial charge in [0.2, 0.25) is 11.8 Å². The number of rotatable bonds is 10. The molecule has 2 rings (SSSR count). The van der Waals surface area contributed by atoms with Gasteiger partial charge in [0.05, 0.1) is 20.1 Å². The molecule has 2 aromatic rings. The lowest BCUT2D eigenvalue weighted by Gasteiger charge is -2.22. The highest BCUT2D eigenvalue weighted by Gasteiger charge is 2.18. The maximum absolute atomic E-state index is 12.8. The molecule has 0 spiro atoms. The quantitative estimate of drug-likeness (QED) is 0.630. The number of nitrogens with zero attached hydrogens (tertiary/aromatic N) is 2. The Morgan fingerprint density at radius 1 is 1.22 bits per heavy atom. The maximum Gasteiger partial charge on any atom is 0.245 e. The van der Waals surface area contributed by atoms with E-state index in [0.29, 0.717) is 11.7 Å². The molecule has 0 bridgehead atoms. The van der Waals surface area contributed by atoms with Gasteiger partial charge in [-0.3, -0.25) is 9.59 Å². The van der Waals surface area contributed by atoms with Crippen LogP contribution in [0.3, 0.4) is 0 Å². The fraction of sp³-hybridized carbons (Fsp3) is 0.450. The predicted molar refractivity (Wildman–Crippen MR) is 108 cm³/mol. The highest BCUT2D eigenvalue weighted by molar-refractivity contribution is 7.15. The summed E-state index contributed by atoms with van der Waals surface area (Å²) in [4.78, 5) is 31.9. The molecule has 1 aromatic carbocycles. The van der Waals surface area contributed by atoms with Crippen molar-refractivity contribution in [2.75, 3.05) is 25.5 Å². The van der Waals surface area contributed by atoms with Crippen molar-refractivity contribution in [3.63, 3.8) is 0 Å². The fourth-order valence-corrected chi connectivity index (χ4v) is 3.30. The molecule has 0 radical (unpaired) electrons. The predicted octanol–water partition coefficient (Wildman–Crippen LogP) is 3.66. The molecule has 7 heteroatoms. The second-order valence-electron chi connectivity index (χ2n) is 6.37. The summed E-state index contributed by atoms with van der Waals surface area (Å²) < 4.78 is 5.14. The number of carbonyl (C=O) groups excluding carboxylic acids is 2. The first-order chi connectivity index (χ1) is 13.0. The third kappa shape index (κ3) is 7.02. The first-order valence-electron chi connectivity index (χ1n) is 9.14. The lowest BCUT2D eigenvalue weighted by molar-refractivity contribution is -0.134. The number of hydrogen-bond donors (Lipinski definition) is 1. The average Bonchev–Trinajstić information content (AvgIpc) is 3.06. The molecule has 0 saturated heterocycles. The lowest BCUT2D eigenvalue weighted by Crippen LogP contribution is -2.39. The SMILES string of the molecule is CCCCCN(CC(=O)Nc1ncc(C)s1)C(=O)Cc1ccc(OC)cc1. The van der Waals surface area contributed by atoms with Gasteiger partial charge >= 0.3 is 0 Å². The smallest absolute Gasteiger partial charge is 0.245 e. The van der Waals surface area contributed by atoms with Crippen molar-refractivity contribution in [3.8, 4) is 5.75 Å². The Bertz CT molecular complexity index is 743. The number of hydrogen-bond acceptors (Lipinski definition) is 5. The summed E-state index contributed by atoms with van der Waals surface area (Å²) in [5, 5.41) is 3.34. The molecule has 2 amide bonds. The Morgan fingerprint density at radius 3 is 2.56 bits per heavy atom. The zero-order valence-electron chi connectivity index (χ0n) is 16.2. The standard InChI is InChI=1S/C20H27N3O3S/c1-4-5-6-11-23(14-18(24)22-20-21-13-15(2)27-20)19(25)12-16-7-9-17(26-3)10-8-16/h7-10,13H,4-6,11-12,14H2,1-3H3,(H,21,22,24). The van der Waals surface area contributed by atoms with Crippen molar-refractivity contribution in [2.45, 2.75) is 39.5 Å². The van der Waals surface area contributed by atoms with Crippen LogP contribution < -0.4 is 10.1 Å². The number of aryl methyl sites for hydroxylation is 1. The molecular formula is C20H27N3O3S. The van der Waals surface area contributed by atoms with Crippen LogP contribution in [0, 0.1) is 6.92 Å². The Hall–Kier alpha value is -2.41. The molecule has 0 unspecified atom stereocenters. The largest absolute Gasteiger partial charge is 0.497 e. The Kier molecular flexibility index (Phi) is 8.26.